The Balaban J connectivity index is 1.58. The molecule has 0 saturated carbocycles. The number of aromatic nitrogens is 6. The quantitative estimate of drug-likeness (QED) is 0.299. The molecule has 11 heteroatoms. The number of nitrogens with zero attached hydrogens (tertiary/aromatic N) is 5. The maximum absolute atomic E-state index is 11.7. The first-order valence-electron chi connectivity index (χ1n) is 9.97. The van der Waals surface area contributed by atoms with Gasteiger partial charge < -0.3 is 21.3 Å². The predicted molar refractivity (Wildman–Crippen MR) is 122 cm³/mol. The second-order valence-corrected chi connectivity index (χ2v) is 6.77. The maximum atomic E-state index is 11.7. The fraction of sp³-hybridized carbons (Fsp3) is 0.143. The largest absolute Gasteiger partial charge is 0.338 e. The molecule has 0 atom stereocenters. The van der Waals surface area contributed by atoms with Crippen molar-refractivity contribution in [1.82, 2.24) is 35.5 Å². The summed E-state index contributed by atoms with van der Waals surface area (Å²) in [6.45, 7) is 4.32. The van der Waals surface area contributed by atoms with Gasteiger partial charge in [0.05, 0.1) is 0 Å². The molecule has 0 aliphatic rings. The molecule has 0 radical (unpaired) electrons. The van der Waals surface area contributed by atoms with E-state index in [0.29, 0.717) is 41.5 Å². The SMILES string of the molecule is CCNC(=O)Nc1ccc(Nc2nc(Nc3cc(C)[nH]n3)nc(-c3ccccn3)n2)cc1. The Bertz CT molecular complexity index is 1190. The number of hydrogen-bond donors (Lipinski definition) is 5. The van der Waals surface area contributed by atoms with Crippen LogP contribution in [0.4, 0.5) is 33.9 Å². The van der Waals surface area contributed by atoms with Crippen molar-refractivity contribution < 1.29 is 4.79 Å². The zero-order valence-electron chi connectivity index (χ0n) is 17.5. The summed E-state index contributed by atoms with van der Waals surface area (Å²) >= 11 is 0. The standard InChI is InChI=1S/C21H22N10O/c1-3-22-21(32)25-15-9-7-14(8-10-15)24-19-27-18(16-6-4-5-11-23-16)28-20(29-19)26-17-12-13(2)30-31-17/h4-12H,3H2,1-2H3,(H2,22,25,32)(H3,24,26,27,28,29,30,31). The molecule has 162 valence electrons. The Morgan fingerprint density at radius 3 is 2.38 bits per heavy atom. The third-order valence-corrected chi connectivity index (χ3v) is 4.21. The van der Waals surface area contributed by atoms with Gasteiger partial charge in [-0.2, -0.15) is 20.1 Å². The lowest BCUT2D eigenvalue weighted by Gasteiger charge is -2.10. The Morgan fingerprint density at radius 1 is 0.969 bits per heavy atom. The summed E-state index contributed by atoms with van der Waals surface area (Å²) in [5.41, 5.74) is 2.93. The van der Waals surface area contributed by atoms with E-state index in [0.717, 1.165) is 11.4 Å². The monoisotopic (exact) mass is 430 g/mol. The number of nitrogens with one attached hydrogen (secondary N) is 5. The number of urea groups is 1. The molecule has 32 heavy (non-hydrogen) atoms. The summed E-state index contributed by atoms with van der Waals surface area (Å²) in [6, 6.07) is 14.3. The molecule has 5 N–H and O–H groups in total. The van der Waals surface area contributed by atoms with Gasteiger partial charge in [0.25, 0.3) is 0 Å². The van der Waals surface area contributed by atoms with Crippen LogP contribution in [0.1, 0.15) is 12.6 Å². The molecule has 11 nitrogen and oxygen atoms in total. The summed E-state index contributed by atoms with van der Waals surface area (Å²) in [5.74, 6) is 1.66. The highest BCUT2D eigenvalue weighted by Crippen LogP contribution is 2.21. The highest BCUT2D eigenvalue weighted by Gasteiger charge is 2.11. The van der Waals surface area contributed by atoms with Crippen LogP contribution in [0.15, 0.2) is 54.7 Å². The molecule has 0 aliphatic heterocycles. The molecular weight excluding hydrogens is 408 g/mol. The lowest BCUT2D eigenvalue weighted by molar-refractivity contribution is 0.252. The van der Waals surface area contributed by atoms with Gasteiger partial charge in [0.15, 0.2) is 11.6 Å². The van der Waals surface area contributed by atoms with E-state index in [9.17, 15) is 4.79 Å². The number of hydrogen-bond acceptors (Lipinski definition) is 8. The average Bonchev–Trinajstić information content (AvgIpc) is 3.20. The first-order valence-corrected chi connectivity index (χ1v) is 9.97. The maximum Gasteiger partial charge on any atom is 0.319 e. The molecule has 0 fully saturated rings. The van der Waals surface area contributed by atoms with Crippen LogP contribution in [0.25, 0.3) is 11.5 Å². The van der Waals surface area contributed by atoms with Crippen LogP contribution in [0, 0.1) is 6.92 Å². The topological polar surface area (TPSA) is 145 Å². The van der Waals surface area contributed by atoms with Crippen LogP contribution < -0.4 is 21.3 Å². The lowest BCUT2D eigenvalue weighted by Crippen LogP contribution is -2.28. The number of aryl methyl sites for hydroxylation is 1. The molecule has 4 aromatic rings. The number of pyridine rings is 1. The minimum absolute atomic E-state index is 0.255. The second kappa shape index (κ2) is 9.51. The Labute approximate surface area is 184 Å². The van der Waals surface area contributed by atoms with Gasteiger partial charge in [0, 0.05) is 35.9 Å². The Hall–Kier alpha value is -4.54. The summed E-state index contributed by atoms with van der Waals surface area (Å²) in [4.78, 5) is 29.4. The number of rotatable bonds is 7. The number of benzene rings is 1. The van der Waals surface area contributed by atoms with Gasteiger partial charge in [0.1, 0.15) is 5.69 Å². The molecular formula is C21H22N10O. The number of amides is 2. The van der Waals surface area contributed by atoms with Crippen LogP contribution in [-0.4, -0.2) is 42.7 Å². The van der Waals surface area contributed by atoms with Gasteiger partial charge in [-0.25, -0.2) is 4.79 Å². The van der Waals surface area contributed by atoms with E-state index in [1.54, 1.807) is 18.3 Å². The number of anilines is 5. The van der Waals surface area contributed by atoms with E-state index in [2.05, 4.69) is 51.4 Å². The zero-order chi connectivity index (χ0) is 22.3. The molecule has 0 aliphatic carbocycles. The highest BCUT2D eigenvalue weighted by atomic mass is 16.2. The van der Waals surface area contributed by atoms with Crippen LogP contribution in [-0.2, 0) is 0 Å². The zero-order valence-corrected chi connectivity index (χ0v) is 17.5. The van der Waals surface area contributed by atoms with E-state index in [1.165, 1.54) is 0 Å². The molecule has 0 bridgehead atoms. The van der Waals surface area contributed by atoms with Crippen molar-refractivity contribution in [2.45, 2.75) is 13.8 Å². The molecule has 0 spiro atoms. The highest BCUT2D eigenvalue weighted by molar-refractivity contribution is 5.89. The van der Waals surface area contributed by atoms with Crippen molar-refractivity contribution in [3.63, 3.8) is 0 Å². The third-order valence-electron chi connectivity index (χ3n) is 4.21. The summed E-state index contributed by atoms with van der Waals surface area (Å²) in [6.07, 6.45) is 1.68. The summed E-state index contributed by atoms with van der Waals surface area (Å²) in [5, 5.41) is 18.7. The van der Waals surface area contributed by atoms with Crippen LogP contribution in [0.5, 0.6) is 0 Å². The van der Waals surface area contributed by atoms with E-state index >= 15 is 0 Å². The predicted octanol–water partition coefficient (Wildman–Crippen LogP) is 3.59. The normalized spacial score (nSPS) is 10.4. The smallest absolute Gasteiger partial charge is 0.319 e. The van der Waals surface area contributed by atoms with Gasteiger partial charge in [0.2, 0.25) is 11.9 Å². The molecule has 4 rings (SSSR count). The van der Waals surface area contributed by atoms with Crippen molar-refractivity contribution in [2.24, 2.45) is 0 Å². The number of carbonyl (C=O) groups is 1. The fourth-order valence-electron chi connectivity index (χ4n) is 2.80. The molecule has 2 amide bonds. The van der Waals surface area contributed by atoms with Crippen LogP contribution in [0.3, 0.4) is 0 Å². The first-order chi connectivity index (χ1) is 15.6. The molecule has 0 unspecified atom stereocenters. The van der Waals surface area contributed by atoms with E-state index in [4.69, 9.17) is 0 Å². The summed E-state index contributed by atoms with van der Waals surface area (Å²) in [7, 11) is 0. The van der Waals surface area contributed by atoms with Crippen LogP contribution in [0.2, 0.25) is 0 Å². The minimum atomic E-state index is -0.255. The van der Waals surface area contributed by atoms with Gasteiger partial charge in [-0.15, -0.1) is 0 Å². The Kier molecular flexibility index (Phi) is 6.16. The van der Waals surface area contributed by atoms with E-state index in [1.807, 2.05) is 50.2 Å². The van der Waals surface area contributed by atoms with Crippen molar-refractivity contribution in [2.75, 3.05) is 22.5 Å². The van der Waals surface area contributed by atoms with Gasteiger partial charge in [-0.3, -0.25) is 10.1 Å². The minimum Gasteiger partial charge on any atom is -0.338 e. The van der Waals surface area contributed by atoms with Crippen molar-refractivity contribution in [3.8, 4) is 11.5 Å². The van der Waals surface area contributed by atoms with Gasteiger partial charge in [-0.1, -0.05) is 6.07 Å². The molecule has 0 saturated heterocycles. The second-order valence-electron chi connectivity index (χ2n) is 6.77. The summed E-state index contributed by atoms with van der Waals surface area (Å²) < 4.78 is 0. The number of aromatic amines is 1. The van der Waals surface area contributed by atoms with Gasteiger partial charge in [-0.05, 0) is 50.2 Å². The Morgan fingerprint density at radius 2 is 1.72 bits per heavy atom. The van der Waals surface area contributed by atoms with Crippen molar-refractivity contribution in [3.05, 3.63) is 60.4 Å². The van der Waals surface area contributed by atoms with Crippen LogP contribution >= 0.6 is 0 Å². The van der Waals surface area contributed by atoms with E-state index < -0.39 is 0 Å². The lowest BCUT2D eigenvalue weighted by atomic mass is 10.3. The number of carbonyl (C=O) groups excluding carboxylic acids is 1. The first kappa shape index (κ1) is 20.7. The molecule has 1 aromatic carbocycles. The van der Waals surface area contributed by atoms with E-state index in [-0.39, 0.29) is 6.03 Å². The third kappa shape index (κ3) is 5.33. The molecule has 3 aromatic heterocycles. The fourth-order valence-corrected chi connectivity index (χ4v) is 2.80. The number of H-pyrrole nitrogens is 1. The van der Waals surface area contributed by atoms with Crippen molar-refractivity contribution in [1.29, 1.82) is 0 Å². The average molecular weight is 430 g/mol. The molecule has 3 heterocycles. The van der Waals surface area contributed by atoms with Crippen molar-refractivity contribution >= 4 is 35.1 Å². The van der Waals surface area contributed by atoms with Gasteiger partial charge >= 0.3 is 6.03 Å².